The molecule has 164 valence electrons. The molecule has 0 aromatic heterocycles. The van der Waals surface area contributed by atoms with Crippen molar-refractivity contribution >= 4 is 28.5 Å². The lowest BCUT2D eigenvalue weighted by Crippen LogP contribution is -2.56. The highest BCUT2D eigenvalue weighted by Gasteiger charge is 2.30. The number of nitrogens with one attached hydrogen (secondary N) is 2. The number of hydrogen-bond donors (Lipinski definition) is 2. The Balaban J connectivity index is 1.22. The van der Waals surface area contributed by atoms with Gasteiger partial charge >= 0.3 is 0 Å². The molecular weight excluding hydrogens is 392 g/mol. The lowest BCUT2D eigenvalue weighted by atomic mass is 10.0. The summed E-state index contributed by atoms with van der Waals surface area (Å²) in [6.07, 6.45) is 2.40. The number of benzene rings is 2. The van der Waals surface area contributed by atoms with Gasteiger partial charge in [-0.15, -0.1) is 0 Å². The first-order valence-corrected chi connectivity index (χ1v) is 11.1. The molecule has 1 saturated heterocycles. The predicted molar refractivity (Wildman–Crippen MR) is 119 cm³/mol. The molecule has 7 heteroatoms. The van der Waals surface area contributed by atoms with Crippen molar-refractivity contribution in [2.75, 3.05) is 32.7 Å². The monoisotopic (exact) mass is 422 g/mol. The zero-order chi connectivity index (χ0) is 21.8. The van der Waals surface area contributed by atoms with E-state index in [0.717, 1.165) is 29.2 Å². The molecule has 4 rings (SSSR count). The Morgan fingerprint density at radius 1 is 1.00 bits per heavy atom. The number of hydrogen-bond acceptors (Lipinski definition) is 4. The summed E-state index contributed by atoms with van der Waals surface area (Å²) < 4.78 is 0. The average molecular weight is 423 g/mol. The Bertz CT molecular complexity index is 959. The average Bonchev–Trinajstić information content (AvgIpc) is 3.61. The molecule has 2 N–H and O–H groups in total. The third-order valence-electron chi connectivity index (χ3n) is 6.19. The van der Waals surface area contributed by atoms with Crippen LogP contribution in [-0.4, -0.2) is 72.3 Å². The summed E-state index contributed by atoms with van der Waals surface area (Å²) in [7, 11) is 0. The minimum atomic E-state index is -0.182. The van der Waals surface area contributed by atoms with Crippen LogP contribution in [0.25, 0.3) is 10.8 Å². The number of carbonyl (C=O) groups excluding carboxylic acids is 3. The third kappa shape index (κ3) is 5.41. The van der Waals surface area contributed by atoms with Crippen LogP contribution in [0.1, 0.15) is 25.3 Å². The quantitative estimate of drug-likeness (QED) is 0.705. The van der Waals surface area contributed by atoms with Gasteiger partial charge in [0.2, 0.25) is 17.7 Å². The number of amides is 3. The van der Waals surface area contributed by atoms with E-state index in [2.05, 4.69) is 15.5 Å². The highest BCUT2D eigenvalue weighted by molar-refractivity contribution is 5.91. The normalized spacial score (nSPS) is 17.9. The van der Waals surface area contributed by atoms with Crippen molar-refractivity contribution in [2.45, 2.75) is 38.3 Å². The van der Waals surface area contributed by atoms with Crippen LogP contribution in [0, 0.1) is 0 Å². The van der Waals surface area contributed by atoms with Gasteiger partial charge < -0.3 is 15.5 Å². The van der Waals surface area contributed by atoms with Crippen LogP contribution >= 0.6 is 0 Å². The minimum absolute atomic E-state index is 0.00131. The highest BCUT2D eigenvalue weighted by atomic mass is 16.2. The molecule has 2 aliphatic rings. The lowest BCUT2D eigenvalue weighted by Gasteiger charge is -2.37. The molecule has 0 radical (unpaired) electrons. The summed E-state index contributed by atoms with van der Waals surface area (Å²) in [5.74, 6) is -0.169. The molecule has 1 aliphatic carbocycles. The SMILES string of the molecule is CC(C(=O)NC1CC1)N1CCN(C(=O)CNC(=O)Cc2cccc3ccccc23)CC1. The summed E-state index contributed by atoms with van der Waals surface area (Å²) in [5, 5.41) is 7.96. The molecule has 2 aromatic rings. The molecular formula is C24H30N4O3. The van der Waals surface area contributed by atoms with Crippen molar-refractivity contribution in [3.8, 4) is 0 Å². The molecule has 1 atom stereocenters. The Morgan fingerprint density at radius 2 is 1.71 bits per heavy atom. The smallest absolute Gasteiger partial charge is 0.242 e. The van der Waals surface area contributed by atoms with Gasteiger partial charge in [-0.3, -0.25) is 19.3 Å². The van der Waals surface area contributed by atoms with E-state index in [1.165, 1.54) is 0 Å². The Hall–Kier alpha value is -2.93. The Morgan fingerprint density at radius 3 is 2.45 bits per heavy atom. The van der Waals surface area contributed by atoms with E-state index in [-0.39, 0.29) is 36.7 Å². The standard InChI is InChI=1S/C24H30N4O3/c1-17(24(31)26-20-9-10-20)27-11-13-28(14-12-27)23(30)16-25-22(29)15-19-7-4-6-18-5-2-3-8-21(18)19/h2-8,17,20H,9-16H2,1H3,(H,25,29)(H,26,31). The highest BCUT2D eigenvalue weighted by Crippen LogP contribution is 2.20. The van der Waals surface area contributed by atoms with Gasteiger partial charge in [0.25, 0.3) is 0 Å². The van der Waals surface area contributed by atoms with Gasteiger partial charge in [0.05, 0.1) is 19.0 Å². The van der Waals surface area contributed by atoms with Crippen LogP contribution in [0.15, 0.2) is 42.5 Å². The van der Waals surface area contributed by atoms with Crippen molar-refractivity contribution in [1.82, 2.24) is 20.4 Å². The van der Waals surface area contributed by atoms with Crippen LogP contribution < -0.4 is 10.6 Å². The molecule has 3 amide bonds. The van der Waals surface area contributed by atoms with E-state index in [4.69, 9.17) is 0 Å². The van der Waals surface area contributed by atoms with Crippen molar-refractivity contribution in [2.24, 2.45) is 0 Å². The number of piperazine rings is 1. The fourth-order valence-corrected chi connectivity index (χ4v) is 4.04. The van der Waals surface area contributed by atoms with E-state index in [1.54, 1.807) is 4.90 Å². The Kier molecular flexibility index (Phi) is 6.51. The van der Waals surface area contributed by atoms with Gasteiger partial charge in [-0.2, -0.15) is 0 Å². The summed E-state index contributed by atoms with van der Waals surface area (Å²) in [4.78, 5) is 41.1. The maximum Gasteiger partial charge on any atom is 0.242 e. The minimum Gasteiger partial charge on any atom is -0.352 e. The van der Waals surface area contributed by atoms with E-state index < -0.39 is 0 Å². The number of nitrogens with zero attached hydrogens (tertiary/aromatic N) is 2. The summed E-state index contributed by atoms with van der Waals surface area (Å²) >= 11 is 0. The lowest BCUT2D eigenvalue weighted by molar-refractivity contribution is -0.135. The van der Waals surface area contributed by atoms with Gasteiger partial charge in [0.15, 0.2) is 0 Å². The van der Waals surface area contributed by atoms with Crippen molar-refractivity contribution in [3.05, 3.63) is 48.0 Å². The molecule has 2 fully saturated rings. The molecule has 0 bridgehead atoms. The first-order chi connectivity index (χ1) is 15.0. The number of fused-ring (bicyclic) bond motifs is 1. The van der Waals surface area contributed by atoms with Crippen molar-refractivity contribution in [3.63, 3.8) is 0 Å². The van der Waals surface area contributed by atoms with Gasteiger partial charge in [0, 0.05) is 32.2 Å². The van der Waals surface area contributed by atoms with Crippen LogP contribution in [0.3, 0.4) is 0 Å². The van der Waals surface area contributed by atoms with E-state index >= 15 is 0 Å². The van der Waals surface area contributed by atoms with E-state index in [1.807, 2.05) is 49.4 Å². The van der Waals surface area contributed by atoms with Gasteiger partial charge in [-0.1, -0.05) is 42.5 Å². The van der Waals surface area contributed by atoms with Gasteiger partial charge in [0.1, 0.15) is 0 Å². The molecule has 7 nitrogen and oxygen atoms in total. The first-order valence-electron chi connectivity index (χ1n) is 11.1. The maximum atomic E-state index is 12.5. The van der Waals surface area contributed by atoms with Gasteiger partial charge in [-0.05, 0) is 36.1 Å². The van der Waals surface area contributed by atoms with Gasteiger partial charge in [-0.25, -0.2) is 0 Å². The molecule has 1 unspecified atom stereocenters. The van der Waals surface area contributed by atoms with E-state index in [0.29, 0.717) is 32.2 Å². The number of rotatable bonds is 7. The zero-order valence-electron chi connectivity index (χ0n) is 18.0. The Labute approximate surface area is 182 Å². The molecule has 2 aromatic carbocycles. The fourth-order valence-electron chi connectivity index (χ4n) is 4.04. The van der Waals surface area contributed by atoms with Crippen molar-refractivity contribution in [1.29, 1.82) is 0 Å². The zero-order valence-corrected chi connectivity index (χ0v) is 18.0. The second-order valence-electron chi connectivity index (χ2n) is 8.47. The fraction of sp³-hybridized carbons (Fsp3) is 0.458. The molecule has 0 spiro atoms. The third-order valence-corrected chi connectivity index (χ3v) is 6.19. The first kappa shape index (κ1) is 21.3. The largest absolute Gasteiger partial charge is 0.352 e. The molecule has 31 heavy (non-hydrogen) atoms. The molecule has 1 aliphatic heterocycles. The second-order valence-corrected chi connectivity index (χ2v) is 8.47. The predicted octanol–water partition coefficient (Wildman–Crippen LogP) is 1.31. The summed E-state index contributed by atoms with van der Waals surface area (Å²) in [6, 6.07) is 14.1. The summed E-state index contributed by atoms with van der Waals surface area (Å²) in [6.45, 7) is 4.38. The molecule has 1 saturated carbocycles. The summed E-state index contributed by atoms with van der Waals surface area (Å²) in [5.41, 5.74) is 0.954. The van der Waals surface area contributed by atoms with Crippen LogP contribution in [-0.2, 0) is 20.8 Å². The van der Waals surface area contributed by atoms with Crippen LogP contribution in [0.4, 0.5) is 0 Å². The number of carbonyl (C=O) groups is 3. The van der Waals surface area contributed by atoms with E-state index in [9.17, 15) is 14.4 Å². The maximum absolute atomic E-state index is 12.5. The van der Waals surface area contributed by atoms with Crippen molar-refractivity contribution < 1.29 is 14.4 Å². The molecule has 1 heterocycles. The topological polar surface area (TPSA) is 81.8 Å². The van der Waals surface area contributed by atoms with Crippen LogP contribution in [0.5, 0.6) is 0 Å². The second kappa shape index (κ2) is 9.47. The van der Waals surface area contributed by atoms with Crippen LogP contribution in [0.2, 0.25) is 0 Å².